The van der Waals surface area contributed by atoms with Gasteiger partial charge in [-0.25, -0.2) is 0 Å². The molecule has 0 radical (unpaired) electrons. The second-order valence-corrected chi connectivity index (χ2v) is 8.50. The van der Waals surface area contributed by atoms with E-state index < -0.39 is 0 Å². The van der Waals surface area contributed by atoms with Gasteiger partial charge in [0, 0.05) is 11.4 Å². The van der Waals surface area contributed by atoms with Gasteiger partial charge in [-0.1, -0.05) is 59.0 Å². The quantitative estimate of drug-likeness (QED) is 0.584. The SMILES string of the molecule is Cc1ccc(Nc2nnc(S[C@@H](C)C(=O)Nc3ccccc3)s2)c(C)c1. The van der Waals surface area contributed by atoms with E-state index in [9.17, 15) is 4.79 Å². The predicted molar refractivity (Wildman–Crippen MR) is 109 cm³/mol. The number of nitrogens with zero attached hydrogens (tertiary/aromatic N) is 2. The highest BCUT2D eigenvalue weighted by Crippen LogP contribution is 2.31. The van der Waals surface area contributed by atoms with E-state index in [1.165, 1.54) is 28.7 Å². The summed E-state index contributed by atoms with van der Waals surface area (Å²) in [6.45, 7) is 5.99. The maximum absolute atomic E-state index is 12.3. The highest BCUT2D eigenvalue weighted by molar-refractivity contribution is 8.02. The number of benzene rings is 2. The number of rotatable bonds is 6. The Morgan fingerprint density at radius 3 is 2.62 bits per heavy atom. The van der Waals surface area contributed by atoms with Gasteiger partial charge < -0.3 is 10.6 Å². The first kappa shape index (κ1) is 18.4. The number of carbonyl (C=O) groups is 1. The largest absolute Gasteiger partial charge is 0.330 e. The number of anilines is 3. The first-order valence-electron chi connectivity index (χ1n) is 8.21. The standard InChI is InChI=1S/C19H20N4OS2/c1-12-9-10-16(13(2)11-12)21-18-22-23-19(26-18)25-14(3)17(24)20-15-7-5-4-6-8-15/h4-11,14H,1-3H3,(H,20,24)(H,21,22)/t14-/m0/s1. The normalized spacial score (nSPS) is 11.8. The van der Waals surface area contributed by atoms with Crippen molar-refractivity contribution in [3.63, 3.8) is 0 Å². The second kappa shape index (κ2) is 8.33. The Morgan fingerprint density at radius 1 is 1.12 bits per heavy atom. The Morgan fingerprint density at radius 2 is 1.88 bits per heavy atom. The van der Waals surface area contributed by atoms with E-state index in [0.29, 0.717) is 0 Å². The van der Waals surface area contributed by atoms with Gasteiger partial charge >= 0.3 is 0 Å². The van der Waals surface area contributed by atoms with E-state index in [0.717, 1.165) is 26.4 Å². The Balaban J connectivity index is 1.60. The highest BCUT2D eigenvalue weighted by Gasteiger charge is 2.17. The number of carbonyl (C=O) groups excluding carboxylic acids is 1. The van der Waals surface area contributed by atoms with Gasteiger partial charge in [0.05, 0.1) is 5.25 Å². The molecule has 1 aromatic heterocycles. The number of nitrogens with one attached hydrogen (secondary N) is 2. The maximum atomic E-state index is 12.3. The number of amides is 1. The van der Waals surface area contributed by atoms with E-state index in [1.54, 1.807) is 0 Å². The fourth-order valence-corrected chi connectivity index (χ4v) is 4.26. The highest BCUT2D eigenvalue weighted by atomic mass is 32.2. The Labute approximate surface area is 161 Å². The maximum Gasteiger partial charge on any atom is 0.237 e. The molecule has 3 aromatic rings. The van der Waals surface area contributed by atoms with Crippen LogP contribution in [0.25, 0.3) is 0 Å². The predicted octanol–water partition coefficient (Wildman–Crippen LogP) is 5.02. The van der Waals surface area contributed by atoms with Gasteiger partial charge in [0.2, 0.25) is 11.0 Å². The third-order valence-corrected chi connectivity index (χ3v) is 5.74. The zero-order valence-electron chi connectivity index (χ0n) is 14.8. The molecule has 2 N–H and O–H groups in total. The zero-order chi connectivity index (χ0) is 18.5. The molecule has 1 atom stereocenters. The van der Waals surface area contributed by atoms with Crippen molar-refractivity contribution in [3.8, 4) is 0 Å². The fraction of sp³-hybridized carbons (Fsp3) is 0.211. The molecule has 0 aliphatic heterocycles. The van der Waals surface area contributed by atoms with Crippen molar-refractivity contribution in [2.45, 2.75) is 30.4 Å². The zero-order valence-corrected chi connectivity index (χ0v) is 16.4. The number of para-hydroxylation sites is 1. The topological polar surface area (TPSA) is 66.9 Å². The lowest BCUT2D eigenvalue weighted by atomic mass is 10.1. The molecule has 0 unspecified atom stereocenters. The molecule has 1 heterocycles. The molecule has 7 heteroatoms. The van der Waals surface area contributed by atoms with Crippen molar-refractivity contribution >= 4 is 45.5 Å². The molecular weight excluding hydrogens is 364 g/mol. The van der Waals surface area contributed by atoms with Gasteiger partial charge in [-0.2, -0.15) is 0 Å². The van der Waals surface area contributed by atoms with Gasteiger partial charge in [0.1, 0.15) is 0 Å². The monoisotopic (exact) mass is 384 g/mol. The van der Waals surface area contributed by atoms with Crippen molar-refractivity contribution in [1.82, 2.24) is 10.2 Å². The number of thioether (sulfide) groups is 1. The summed E-state index contributed by atoms with van der Waals surface area (Å²) in [7, 11) is 0. The molecule has 0 aliphatic rings. The van der Waals surface area contributed by atoms with Gasteiger partial charge in [-0.05, 0) is 44.5 Å². The van der Waals surface area contributed by atoms with Crippen LogP contribution in [0.5, 0.6) is 0 Å². The molecule has 26 heavy (non-hydrogen) atoms. The lowest BCUT2D eigenvalue weighted by molar-refractivity contribution is -0.115. The Kier molecular flexibility index (Phi) is 5.90. The van der Waals surface area contributed by atoms with Gasteiger partial charge in [-0.3, -0.25) is 4.79 Å². The minimum absolute atomic E-state index is 0.0553. The van der Waals surface area contributed by atoms with Crippen LogP contribution >= 0.6 is 23.1 Å². The van der Waals surface area contributed by atoms with Crippen LogP contribution in [0.1, 0.15) is 18.1 Å². The summed E-state index contributed by atoms with van der Waals surface area (Å²) in [4.78, 5) is 12.3. The molecule has 1 amide bonds. The summed E-state index contributed by atoms with van der Waals surface area (Å²) in [6.07, 6.45) is 0. The number of hydrogen-bond acceptors (Lipinski definition) is 6. The third-order valence-electron chi connectivity index (χ3n) is 3.72. The molecule has 0 fully saturated rings. The van der Waals surface area contributed by atoms with Crippen LogP contribution in [-0.2, 0) is 4.79 Å². The van der Waals surface area contributed by atoms with Crippen LogP contribution in [0, 0.1) is 13.8 Å². The molecular formula is C19H20N4OS2. The van der Waals surface area contributed by atoms with E-state index in [-0.39, 0.29) is 11.2 Å². The Bertz CT molecular complexity index is 896. The summed E-state index contributed by atoms with van der Waals surface area (Å²) >= 11 is 2.84. The van der Waals surface area contributed by atoms with Crippen molar-refractivity contribution in [3.05, 3.63) is 59.7 Å². The third kappa shape index (κ3) is 4.83. The summed E-state index contributed by atoms with van der Waals surface area (Å²) in [6, 6.07) is 15.6. The number of aromatic nitrogens is 2. The van der Waals surface area contributed by atoms with Crippen molar-refractivity contribution in [1.29, 1.82) is 0 Å². The van der Waals surface area contributed by atoms with Crippen molar-refractivity contribution < 1.29 is 4.79 Å². The van der Waals surface area contributed by atoms with Gasteiger partial charge in [0.25, 0.3) is 0 Å². The van der Waals surface area contributed by atoms with Crippen LogP contribution in [0.2, 0.25) is 0 Å². The lowest BCUT2D eigenvalue weighted by Crippen LogP contribution is -2.22. The minimum Gasteiger partial charge on any atom is -0.330 e. The van der Waals surface area contributed by atoms with E-state index in [1.807, 2.05) is 43.3 Å². The van der Waals surface area contributed by atoms with E-state index >= 15 is 0 Å². The number of hydrogen-bond donors (Lipinski definition) is 2. The molecule has 134 valence electrons. The minimum atomic E-state index is -0.267. The molecule has 5 nitrogen and oxygen atoms in total. The van der Waals surface area contributed by atoms with Crippen molar-refractivity contribution in [2.75, 3.05) is 10.6 Å². The fourth-order valence-electron chi connectivity index (χ4n) is 2.35. The Hall–Kier alpha value is -2.38. The van der Waals surface area contributed by atoms with Gasteiger partial charge in [0.15, 0.2) is 4.34 Å². The van der Waals surface area contributed by atoms with Crippen LogP contribution in [0.3, 0.4) is 0 Å². The van der Waals surface area contributed by atoms with Crippen LogP contribution in [-0.4, -0.2) is 21.4 Å². The summed E-state index contributed by atoms with van der Waals surface area (Å²) in [5.74, 6) is -0.0553. The van der Waals surface area contributed by atoms with Crippen molar-refractivity contribution in [2.24, 2.45) is 0 Å². The molecule has 3 rings (SSSR count). The smallest absolute Gasteiger partial charge is 0.237 e. The summed E-state index contributed by atoms with van der Waals surface area (Å²) in [5.41, 5.74) is 4.18. The second-order valence-electron chi connectivity index (χ2n) is 5.93. The van der Waals surface area contributed by atoms with Crippen LogP contribution in [0.4, 0.5) is 16.5 Å². The molecule has 0 spiro atoms. The first-order valence-corrected chi connectivity index (χ1v) is 9.91. The summed E-state index contributed by atoms with van der Waals surface area (Å²) < 4.78 is 0.757. The number of aryl methyl sites for hydroxylation is 2. The van der Waals surface area contributed by atoms with E-state index in [2.05, 4.69) is 46.8 Å². The average molecular weight is 385 g/mol. The van der Waals surface area contributed by atoms with Gasteiger partial charge in [-0.15, -0.1) is 10.2 Å². The molecule has 0 saturated carbocycles. The van der Waals surface area contributed by atoms with E-state index in [4.69, 9.17) is 0 Å². The molecule has 0 saturated heterocycles. The summed E-state index contributed by atoms with van der Waals surface area (Å²) in [5, 5.41) is 15.0. The van der Waals surface area contributed by atoms with Crippen LogP contribution < -0.4 is 10.6 Å². The van der Waals surface area contributed by atoms with Crippen LogP contribution in [0.15, 0.2) is 52.9 Å². The lowest BCUT2D eigenvalue weighted by Gasteiger charge is -2.10. The average Bonchev–Trinajstić information content (AvgIpc) is 3.05. The molecule has 2 aromatic carbocycles. The molecule has 0 bridgehead atoms. The molecule has 0 aliphatic carbocycles. The first-order chi connectivity index (χ1) is 12.5.